The molecule has 3 nitrogen and oxygen atoms in total. The molecule has 0 aliphatic heterocycles. The Morgan fingerprint density at radius 2 is 1.81 bits per heavy atom. The third kappa shape index (κ3) is 2.49. The van der Waals surface area contributed by atoms with Crippen LogP contribution in [0, 0.1) is 13.8 Å². The minimum absolute atomic E-state index is 0.0937. The first kappa shape index (κ1) is 13.6. The fourth-order valence-corrected chi connectivity index (χ4v) is 1.98. The summed E-state index contributed by atoms with van der Waals surface area (Å²) < 4.78 is 43.4. The molecule has 108 valence electrons. The predicted molar refractivity (Wildman–Crippen MR) is 71.7 cm³/mol. The summed E-state index contributed by atoms with van der Waals surface area (Å²) in [7, 11) is 0. The summed E-state index contributed by atoms with van der Waals surface area (Å²) >= 11 is 0. The van der Waals surface area contributed by atoms with Gasteiger partial charge >= 0.3 is 6.18 Å². The molecule has 3 aromatic rings. The van der Waals surface area contributed by atoms with Crippen LogP contribution >= 0.6 is 0 Å². The van der Waals surface area contributed by atoms with Gasteiger partial charge in [-0.15, -0.1) is 0 Å². The van der Waals surface area contributed by atoms with Gasteiger partial charge in [-0.05, 0) is 43.2 Å². The summed E-state index contributed by atoms with van der Waals surface area (Å²) in [5, 5.41) is 0. The molecule has 0 aliphatic carbocycles. The van der Waals surface area contributed by atoms with Crippen LogP contribution < -0.4 is 0 Å². The number of oxazole rings is 1. The molecule has 0 fully saturated rings. The lowest BCUT2D eigenvalue weighted by Crippen LogP contribution is -2.04. The van der Waals surface area contributed by atoms with Gasteiger partial charge in [-0.1, -0.05) is 6.07 Å². The van der Waals surface area contributed by atoms with Crippen LogP contribution in [0.25, 0.3) is 22.7 Å². The SMILES string of the molecule is Cc1ccc(-c2nc3cc(C(F)(F)F)cnc3o2)cc1C. The van der Waals surface area contributed by atoms with Crippen molar-refractivity contribution in [1.82, 2.24) is 9.97 Å². The lowest BCUT2D eigenvalue weighted by atomic mass is 10.1. The van der Waals surface area contributed by atoms with Crippen molar-refractivity contribution in [2.75, 3.05) is 0 Å². The third-order valence-electron chi connectivity index (χ3n) is 3.33. The van der Waals surface area contributed by atoms with Crippen LogP contribution in [-0.4, -0.2) is 9.97 Å². The molecule has 0 amide bonds. The van der Waals surface area contributed by atoms with Crippen molar-refractivity contribution in [1.29, 1.82) is 0 Å². The van der Waals surface area contributed by atoms with Gasteiger partial charge in [0.05, 0.1) is 5.56 Å². The molecule has 0 unspecified atom stereocenters. The van der Waals surface area contributed by atoms with Crippen LogP contribution in [0.5, 0.6) is 0 Å². The molecule has 0 atom stereocenters. The number of nitrogens with zero attached hydrogens (tertiary/aromatic N) is 2. The number of hydrogen-bond donors (Lipinski definition) is 0. The van der Waals surface area contributed by atoms with Gasteiger partial charge in [0.2, 0.25) is 11.6 Å². The quantitative estimate of drug-likeness (QED) is 0.661. The number of aromatic nitrogens is 2. The maximum Gasteiger partial charge on any atom is 0.417 e. The van der Waals surface area contributed by atoms with E-state index in [1.54, 1.807) is 0 Å². The van der Waals surface area contributed by atoms with Crippen LogP contribution in [-0.2, 0) is 6.18 Å². The van der Waals surface area contributed by atoms with E-state index in [0.717, 1.165) is 23.4 Å². The highest BCUT2D eigenvalue weighted by Crippen LogP contribution is 2.31. The van der Waals surface area contributed by atoms with E-state index in [4.69, 9.17) is 4.42 Å². The maximum atomic E-state index is 12.6. The molecule has 0 aliphatic rings. The van der Waals surface area contributed by atoms with Crippen molar-refractivity contribution in [3.05, 3.63) is 47.2 Å². The molecule has 21 heavy (non-hydrogen) atoms. The molecule has 0 N–H and O–H groups in total. The monoisotopic (exact) mass is 292 g/mol. The number of benzene rings is 1. The Morgan fingerprint density at radius 1 is 1.05 bits per heavy atom. The lowest BCUT2D eigenvalue weighted by molar-refractivity contribution is -0.137. The fourth-order valence-electron chi connectivity index (χ4n) is 1.98. The molecule has 6 heteroatoms. The zero-order chi connectivity index (χ0) is 15.2. The smallest absolute Gasteiger partial charge is 0.417 e. The van der Waals surface area contributed by atoms with E-state index in [9.17, 15) is 13.2 Å². The normalized spacial score (nSPS) is 12.0. The highest BCUT2D eigenvalue weighted by Gasteiger charge is 2.31. The first-order chi connectivity index (χ1) is 9.84. The number of aryl methyl sites for hydroxylation is 2. The number of fused-ring (bicyclic) bond motifs is 1. The molecule has 0 radical (unpaired) electrons. The summed E-state index contributed by atoms with van der Waals surface area (Å²) in [6.07, 6.45) is -3.70. The van der Waals surface area contributed by atoms with Crippen molar-refractivity contribution in [2.45, 2.75) is 20.0 Å². The van der Waals surface area contributed by atoms with E-state index < -0.39 is 11.7 Å². The van der Waals surface area contributed by atoms with Crippen LogP contribution in [0.1, 0.15) is 16.7 Å². The van der Waals surface area contributed by atoms with Gasteiger partial charge in [0.1, 0.15) is 5.52 Å². The third-order valence-corrected chi connectivity index (χ3v) is 3.33. The summed E-state index contributed by atoms with van der Waals surface area (Å²) in [6.45, 7) is 3.92. The van der Waals surface area contributed by atoms with Crippen LogP contribution in [0.2, 0.25) is 0 Å². The number of halogens is 3. The lowest BCUT2D eigenvalue weighted by Gasteiger charge is -2.03. The zero-order valence-electron chi connectivity index (χ0n) is 11.3. The van der Waals surface area contributed by atoms with Crippen molar-refractivity contribution < 1.29 is 17.6 Å². The Kier molecular flexibility index (Phi) is 2.97. The predicted octanol–water partition coefficient (Wildman–Crippen LogP) is 4.53. The van der Waals surface area contributed by atoms with E-state index in [-0.39, 0.29) is 17.1 Å². The highest BCUT2D eigenvalue weighted by atomic mass is 19.4. The first-order valence-electron chi connectivity index (χ1n) is 6.26. The average Bonchev–Trinajstić information content (AvgIpc) is 2.83. The molecule has 2 aromatic heterocycles. The molecular formula is C15H11F3N2O. The van der Waals surface area contributed by atoms with E-state index in [1.807, 2.05) is 32.0 Å². The van der Waals surface area contributed by atoms with E-state index in [2.05, 4.69) is 9.97 Å². The minimum atomic E-state index is -4.44. The second-order valence-electron chi connectivity index (χ2n) is 4.86. The minimum Gasteiger partial charge on any atom is -0.418 e. The number of alkyl halides is 3. The van der Waals surface area contributed by atoms with Gasteiger partial charge in [-0.2, -0.15) is 13.2 Å². The van der Waals surface area contributed by atoms with Gasteiger partial charge in [-0.25, -0.2) is 9.97 Å². The molecule has 0 saturated heterocycles. The Hall–Kier alpha value is -2.37. The van der Waals surface area contributed by atoms with E-state index >= 15 is 0 Å². The molecule has 0 bridgehead atoms. The summed E-state index contributed by atoms with van der Waals surface area (Å²) in [5.41, 5.74) is 2.24. The number of rotatable bonds is 1. The Bertz CT molecular complexity index is 821. The second-order valence-corrected chi connectivity index (χ2v) is 4.86. The van der Waals surface area contributed by atoms with Crippen molar-refractivity contribution in [2.24, 2.45) is 0 Å². The number of hydrogen-bond acceptors (Lipinski definition) is 3. The summed E-state index contributed by atoms with van der Waals surface area (Å²) in [4.78, 5) is 7.78. The van der Waals surface area contributed by atoms with Gasteiger partial charge in [0, 0.05) is 11.8 Å². The largest absolute Gasteiger partial charge is 0.418 e. The summed E-state index contributed by atoms with van der Waals surface area (Å²) in [5.74, 6) is 0.264. The van der Waals surface area contributed by atoms with Crippen LogP contribution in [0.3, 0.4) is 0 Å². The topological polar surface area (TPSA) is 38.9 Å². The van der Waals surface area contributed by atoms with Gasteiger partial charge in [0.15, 0.2) is 0 Å². The Labute approximate surface area is 118 Å². The Balaban J connectivity index is 2.10. The van der Waals surface area contributed by atoms with Gasteiger partial charge in [0.25, 0.3) is 0 Å². The van der Waals surface area contributed by atoms with Gasteiger partial charge in [-0.3, -0.25) is 0 Å². The van der Waals surface area contributed by atoms with Gasteiger partial charge < -0.3 is 4.42 Å². The van der Waals surface area contributed by atoms with Crippen LogP contribution in [0.15, 0.2) is 34.9 Å². The second kappa shape index (κ2) is 4.58. The van der Waals surface area contributed by atoms with E-state index in [0.29, 0.717) is 5.56 Å². The van der Waals surface area contributed by atoms with Crippen molar-refractivity contribution in [3.63, 3.8) is 0 Å². The van der Waals surface area contributed by atoms with Crippen molar-refractivity contribution >= 4 is 11.2 Å². The zero-order valence-corrected chi connectivity index (χ0v) is 11.3. The van der Waals surface area contributed by atoms with E-state index in [1.165, 1.54) is 0 Å². The summed E-state index contributed by atoms with van der Waals surface area (Å²) in [6, 6.07) is 6.55. The highest BCUT2D eigenvalue weighted by molar-refractivity contribution is 5.73. The molecule has 1 aromatic carbocycles. The fraction of sp³-hybridized carbons (Fsp3) is 0.200. The van der Waals surface area contributed by atoms with Crippen molar-refractivity contribution in [3.8, 4) is 11.5 Å². The van der Waals surface area contributed by atoms with Crippen LogP contribution in [0.4, 0.5) is 13.2 Å². The maximum absolute atomic E-state index is 12.6. The molecule has 3 rings (SSSR count). The first-order valence-corrected chi connectivity index (χ1v) is 6.26. The molecule has 0 spiro atoms. The molecule has 2 heterocycles. The standard InChI is InChI=1S/C15H11F3N2O/c1-8-3-4-10(5-9(8)2)13-20-12-6-11(15(16,17)18)7-19-14(12)21-13/h3-7H,1-2H3. The molecule has 0 saturated carbocycles. The number of pyridine rings is 1. The average molecular weight is 292 g/mol. The Morgan fingerprint density at radius 3 is 2.48 bits per heavy atom. The molecular weight excluding hydrogens is 281 g/mol.